The van der Waals surface area contributed by atoms with E-state index in [1.807, 2.05) is 47.2 Å². The molecule has 0 saturated carbocycles. The Morgan fingerprint density at radius 3 is 2.63 bits per heavy atom. The van der Waals surface area contributed by atoms with E-state index in [2.05, 4.69) is 4.98 Å². The van der Waals surface area contributed by atoms with Crippen molar-refractivity contribution in [3.63, 3.8) is 0 Å². The predicted molar refractivity (Wildman–Crippen MR) is 103 cm³/mol. The Bertz CT molecular complexity index is 919. The number of likely N-dealkylation sites (N-methyl/N-ethyl adjacent to an activating group) is 1. The largest absolute Gasteiger partial charge is 0.480 e. The third-order valence-electron chi connectivity index (χ3n) is 4.40. The Labute approximate surface area is 161 Å². The highest BCUT2D eigenvalue weighted by atomic mass is 32.1. The number of nitrogens with zero attached hydrogens (tertiary/aromatic N) is 2. The Morgan fingerprint density at radius 2 is 2.00 bits per heavy atom. The Morgan fingerprint density at radius 1 is 1.26 bits per heavy atom. The molecule has 0 radical (unpaired) electrons. The fourth-order valence-electron chi connectivity index (χ4n) is 2.77. The number of carboxylic acid groups (broad SMARTS) is 1. The summed E-state index contributed by atoms with van der Waals surface area (Å²) in [7, 11) is 1.51. The fraction of sp³-hybridized carbons (Fsp3) is 0.250. The molecule has 0 saturated heterocycles. The van der Waals surface area contributed by atoms with Crippen LogP contribution in [-0.4, -0.2) is 40.0 Å². The third-order valence-corrected chi connectivity index (χ3v) is 5.08. The van der Waals surface area contributed by atoms with Gasteiger partial charge >= 0.3 is 5.97 Å². The number of hydrogen-bond acceptors (Lipinski definition) is 5. The van der Waals surface area contributed by atoms with Gasteiger partial charge in [-0.2, -0.15) is 11.3 Å². The lowest BCUT2D eigenvalue weighted by Crippen LogP contribution is -2.44. The van der Waals surface area contributed by atoms with E-state index in [-0.39, 0.29) is 18.7 Å². The fourth-order valence-corrected chi connectivity index (χ4v) is 3.40. The van der Waals surface area contributed by atoms with Crippen LogP contribution in [-0.2, 0) is 22.4 Å². The number of aliphatic carboxylic acids is 1. The monoisotopic (exact) mass is 384 g/mol. The molecule has 6 nitrogen and oxygen atoms in total. The second-order valence-electron chi connectivity index (χ2n) is 6.26. The minimum Gasteiger partial charge on any atom is -0.480 e. The average molecular weight is 384 g/mol. The van der Waals surface area contributed by atoms with Crippen molar-refractivity contribution in [3.05, 3.63) is 64.2 Å². The third kappa shape index (κ3) is 4.43. The van der Waals surface area contributed by atoms with Gasteiger partial charge in [0.2, 0.25) is 11.8 Å². The number of aromatic nitrogens is 1. The second-order valence-corrected chi connectivity index (χ2v) is 7.04. The molecule has 0 bridgehead atoms. The predicted octanol–water partition coefficient (Wildman–Crippen LogP) is 3.41. The standard InChI is InChI=1S/C20H20N2O4S/c1-13-16(21-19(26-13)15-8-9-27-12-15)11-18(23)22(2)17(20(24)25)10-14-6-4-3-5-7-14/h3-9,12,17H,10-11H2,1-2H3,(H,24,25). The van der Waals surface area contributed by atoms with Gasteiger partial charge in [-0.1, -0.05) is 30.3 Å². The van der Waals surface area contributed by atoms with Crippen molar-refractivity contribution in [3.8, 4) is 11.5 Å². The van der Waals surface area contributed by atoms with Crippen molar-refractivity contribution < 1.29 is 19.1 Å². The van der Waals surface area contributed by atoms with Gasteiger partial charge in [-0.15, -0.1) is 0 Å². The molecule has 0 spiro atoms. The molecule has 0 aliphatic carbocycles. The summed E-state index contributed by atoms with van der Waals surface area (Å²) in [6.45, 7) is 1.75. The van der Waals surface area contributed by atoms with Crippen LogP contribution >= 0.6 is 11.3 Å². The van der Waals surface area contributed by atoms with Crippen LogP contribution in [0.25, 0.3) is 11.5 Å². The van der Waals surface area contributed by atoms with E-state index >= 15 is 0 Å². The maximum absolute atomic E-state index is 12.7. The van der Waals surface area contributed by atoms with Gasteiger partial charge < -0.3 is 14.4 Å². The first kappa shape index (κ1) is 18.8. The van der Waals surface area contributed by atoms with Crippen molar-refractivity contribution in [1.82, 2.24) is 9.88 Å². The van der Waals surface area contributed by atoms with Gasteiger partial charge in [0.1, 0.15) is 11.8 Å². The SMILES string of the molecule is Cc1oc(-c2ccsc2)nc1CC(=O)N(C)C(Cc1ccccc1)C(=O)O. The Kier molecular flexibility index (Phi) is 5.71. The smallest absolute Gasteiger partial charge is 0.326 e. The number of thiophene rings is 1. The molecule has 0 aliphatic rings. The van der Waals surface area contributed by atoms with Gasteiger partial charge in [0.15, 0.2) is 0 Å². The number of oxazole rings is 1. The molecule has 0 fully saturated rings. The first-order valence-corrected chi connectivity index (χ1v) is 9.41. The molecule has 3 rings (SSSR count). The zero-order chi connectivity index (χ0) is 19.4. The molecule has 140 valence electrons. The number of amides is 1. The van der Waals surface area contributed by atoms with Crippen LogP contribution in [0.3, 0.4) is 0 Å². The number of carbonyl (C=O) groups is 2. The summed E-state index contributed by atoms with van der Waals surface area (Å²) >= 11 is 1.54. The highest BCUT2D eigenvalue weighted by Gasteiger charge is 2.28. The van der Waals surface area contributed by atoms with Gasteiger partial charge in [-0.25, -0.2) is 9.78 Å². The average Bonchev–Trinajstić information content (AvgIpc) is 3.30. The zero-order valence-electron chi connectivity index (χ0n) is 15.1. The molecule has 1 aromatic carbocycles. The number of carbonyl (C=O) groups excluding carboxylic acids is 1. The van der Waals surface area contributed by atoms with Gasteiger partial charge in [0, 0.05) is 24.4 Å². The summed E-state index contributed by atoms with van der Waals surface area (Å²) in [5, 5.41) is 13.4. The summed E-state index contributed by atoms with van der Waals surface area (Å²) in [6.07, 6.45) is 0.241. The van der Waals surface area contributed by atoms with Crippen LogP contribution in [0.5, 0.6) is 0 Å². The molecule has 1 amide bonds. The van der Waals surface area contributed by atoms with Crippen molar-refractivity contribution in [1.29, 1.82) is 0 Å². The summed E-state index contributed by atoms with van der Waals surface area (Å²) in [6, 6.07) is 10.2. The van der Waals surface area contributed by atoms with Crippen LogP contribution in [0.2, 0.25) is 0 Å². The minimum atomic E-state index is -1.04. The molecule has 2 heterocycles. The van der Waals surface area contributed by atoms with Crippen molar-refractivity contribution in [2.45, 2.75) is 25.8 Å². The maximum atomic E-state index is 12.7. The van der Waals surface area contributed by atoms with E-state index in [1.54, 1.807) is 6.92 Å². The normalized spacial score (nSPS) is 11.9. The second kappa shape index (κ2) is 8.18. The Hall–Kier alpha value is -2.93. The molecule has 1 N–H and O–H groups in total. The number of benzene rings is 1. The van der Waals surface area contributed by atoms with Crippen LogP contribution in [0.1, 0.15) is 17.0 Å². The lowest BCUT2D eigenvalue weighted by molar-refractivity contribution is -0.148. The lowest BCUT2D eigenvalue weighted by atomic mass is 10.0. The van der Waals surface area contributed by atoms with Crippen LogP contribution in [0.4, 0.5) is 0 Å². The number of aryl methyl sites for hydroxylation is 1. The van der Waals surface area contributed by atoms with Crippen LogP contribution in [0.15, 0.2) is 51.6 Å². The van der Waals surface area contributed by atoms with Crippen molar-refractivity contribution >= 4 is 23.2 Å². The van der Waals surface area contributed by atoms with Crippen molar-refractivity contribution in [2.75, 3.05) is 7.05 Å². The summed E-state index contributed by atoms with van der Waals surface area (Å²) in [5.41, 5.74) is 2.25. The summed E-state index contributed by atoms with van der Waals surface area (Å²) in [4.78, 5) is 30.1. The van der Waals surface area contributed by atoms with E-state index in [9.17, 15) is 14.7 Å². The van der Waals surface area contributed by atoms with Gasteiger partial charge in [-0.3, -0.25) is 4.79 Å². The number of rotatable bonds is 7. The van der Waals surface area contributed by atoms with Crippen LogP contribution < -0.4 is 0 Å². The lowest BCUT2D eigenvalue weighted by Gasteiger charge is -2.24. The van der Waals surface area contributed by atoms with Gasteiger partial charge in [-0.05, 0) is 23.9 Å². The molecular weight excluding hydrogens is 364 g/mol. The van der Waals surface area contributed by atoms with E-state index < -0.39 is 12.0 Å². The number of carboxylic acids is 1. The molecule has 2 aromatic heterocycles. The van der Waals surface area contributed by atoms with E-state index in [0.717, 1.165) is 11.1 Å². The molecular formula is C20H20N2O4S. The quantitative estimate of drug-likeness (QED) is 0.675. The van der Waals surface area contributed by atoms with Gasteiger partial charge in [0.25, 0.3) is 0 Å². The van der Waals surface area contributed by atoms with Gasteiger partial charge in [0.05, 0.1) is 12.1 Å². The van der Waals surface area contributed by atoms with E-state index in [0.29, 0.717) is 17.3 Å². The molecule has 1 atom stereocenters. The Balaban J connectivity index is 1.73. The highest BCUT2D eigenvalue weighted by Crippen LogP contribution is 2.24. The first-order chi connectivity index (χ1) is 13.0. The summed E-state index contributed by atoms with van der Waals surface area (Å²) < 4.78 is 5.65. The highest BCUT2D eigenvalue weighted by molar-refractivity contribution is 7.08. The zero-order valence-corrected chi connectivity index (χ0v) is 15.9. The van der Waals surface area contributed by atoms with E-state index in [4.69, 9.17) is 4.42 Å². The molecule has 1 unspecified atom stereocenters. The molecule has 27 heavy (non-hydrogen) atoms. The maximum Gasteiger partial charge on any atom is 0.326 e. The van der Waals surface area contributed by atoms with E-state index in [1.165, 1.54) is 23.3 Å². The topological polar surface area (TPSA) is 83.6 Å². The molecule has 7 heteroatoms. The minimum absolute atomic E-state index is 0.00542. The molecule has 3 aromatic rings. The summed E-state index contributed by atoms with van der Waals surface area (Å²) in [5.74, 6) is -0.316. The molecule has 0 aliphatic heterocycles. The first-order valence-electron chi connectivity index (χ1n) is 8.47. The number of hydrogen-bond donors (Lipinski definition) is 1. The van der Waals surface area contributed by atoms with Crippen molar-refractivity contribution in [2.24, 2.45) is 0 Å². The van der Waals surface area contributed by atoms with Crippen LogP contribution in [0, 0.1) is 6.92 Å².